The van der Waals surface area contributed by atoms with Gasteiger partial charge in [0.25, 0.3) is 0 Å². The molecule has 3 rings (SSSR count). The van der Waals surface area contributed by atoms with Crippen molar-refractivity contribution in [1.29, 1.82) is 0 Å². The van der Waals surface area contributed by atoms with Crippen LogP contribution in [0, 0.1) is 0 Å². The molecule has 0 atom stereocenters. The zero-order valence-electron chi connectivity index (χ0n) is 14.7. The van der Waals surface area contributed by atoms with Gasteiger partial charge >= 0.3 is 0 Å². The third-order valence-electron chi connectivity index (χ3n) is 4.50. The second-order valence-corrected chi connectivity index (χ2v) is 9.44. The summed E-state index contributed by atoms with van der Waals surface area (Å²) >= 11 is 1.63. The van der Waals surface area contributed by atoms with Crippen LogP contribution in [0.1, 0.15) is 37.0 Å². The Bertz CT molecular complexity index is 824. The lowest BCUT2D eigenvalue weighted by molar-refractivity contribution is -0.116. The Kier molecular flexibility index (Phi) is 6.45. The third-order valence-corrected chi connectivity index (χ3v) is 7.33. The maximum atomic E-state index is 12.9. The summed E-state index contributed by atoms with van der Waals surface area (Å²) in [6.07, 6.45) is 5.02. The number of rotatable bonds is 6. The van der Waals surface area contributed by atoms with Gasteiger partial charge in [0.1, 0.15) is 0 Å². The number of hydrogen-bond donors (Lipinski definition) is 1. The van der Waals surface area contributed by atoms with Crippen molar-refractivity contribution >= 4 is 33.0 Å². The molecule has 1 saturated heterocycles. The predicted molar refractivity (Wildman–Crippen MR) is 105 cm³/mol. The van der Waals surface area contributed by atoms with Crippen LogP contribution in [-0.2, 0) is 21.2 Å². The summed E-state index contributed by atoms with van der Waals surface area (Å²) in [7, 11) is -3.51. The molecule has 1 N–H and O–H groups in total. The number of sulfonamides is 1. The Morgan fingerprint density at radius 1 is 1.08 bits per heavy atom. The quantitative estimate of drug-likeness (QED) is 0.811. The van der Waals surface area contributed by atoms with Crippen LogP contribution >= 0.6 is 11.3 Å². The van der Waals surface area contributed by atoms with E-state index in [2.05, 4.69) is 5.32 Å². The number of amides is 1. The van der Waals surface area contributed by atoms with Gasteiger partial charge in [-0.25, -0.2) is 8.42 Å². The molecule has 1 fully saturated rings. The maximum Gasteiger partial charge on any atom is 0.243 e. The second-order valence-electron chi connectivity index (χ2n) is 6.47. The van der Waals surface area contributed by atoms with Gasteiger partial charge in [-0.05, 0) is 48.9 Å². The van der Waals surface area contributed by atoms with Crippen molar-refractivity contribution in [2.45, 2.75) is 43.4 Å². The van der Waals surface area contributed by atoms with E-state index < -0.39 is 10.0 Å². The van der Waals surface area contributed by atoms with Crippen molar-refractivity contribution in [1.82, 2.24) is 4.31 Å². The summed E-state index contributed by atoms with van der Waals surface area (Å²) < 4.78 is 27.3. The molecule has 0 bridgehead atoms. The molecular formula is C19H24N2O3S2. The van der Waals surface area contributed by atoms with Crippen LogP contribution in [0.2, 0.25) is 0 Å². The Hall–Kier alpha value is -1.70. The van der Waals surface area contributed by atoms with Crippen LogP contribution in [0.3, 0.4) is 0 Å². The van der Waals surface area contributed by atoms with Crippen molar-refractivity contribution in [3.8, 4) is 0 Å². The summed E-state index contributed by atoms with van der Waals surface area (Å²) in [6.45, 7) is 1.14. The molecule has 0 saturated carbocycles. The molecule has 140 valence electrons. The first-order chi connectivity index (χ1) is 12.6. The van der Waals surface area contributed by atoms with E-state index in [4.69, 9.17) is 0 Å². The summed E-state index contributed by atoms with van der Waals surface area (Å²) in [5, 5.41) is 4.81. The first-order valence-electron chi connectivity index (χ1n) is 8.98. The molecule has 0 spiro atoms. The van der Waals surface area contributed by atoms with Gasteiger partial charge in [0.05, 0.1) is 4.90 Å². The molecule has 2 heterocycles. The number of anilines is 1. The van der Waals surface area contributed by atoms with E-state index in [9.17, 15) is 13.2 Å². The van der Waals surface area contributed by atoms with E-state index in [0.717, 1.165) is 30.6 Å². The summed E-state index contributed by atoms with van der Waals surface area (Å²) in [6, 6.07) is 10.5. The molecule has 26 heavy (non-hydrogen) atoms. The largest absolute Gasteiger partial charge is 0.326 e. The average Bonchev–Trinajstić information content (AvgIpc) is 2.99. The fraction of sp³-hybridized carbons (Fsp3) is 0.421. The lowest BCUT2D eigenvalue weighted by Gasteiger charge is -2.20. The minimum atomic E-state index is -3.51. The third kappa shape index (κ3) is 4.93. The van der Waals surface area contributed by atoms with Gasteiger partial charge in [0, 0.05) is 30.1 Å². The number of carbonyl (C=O) groups is 1. The molecule has 2 aromatic rings. The van der Waals surface area contributed by atoms with Crippen molar-refractivity contribution in [3.05, 3.63) is 46.7 Å². The Labute approximate surface area is 159 Å². The molecule has 1 aromatic heterocycles. The molecule has 1 amide bonds. The number of thiophene rings is 1. The molecule has 1 aliphatic heterocycles. The number of benzene rings is 1. The summed E-state index contributed by atoms with van der Waals surface area (Å²) in [4.78, 5) is 13.6. The number of aryl methyl sites for hydroxylation is 1. The fourth-order valence-corrected chi connectivity index (χ4v) is 5.35. The van der Waals surface area contributed by atoms with Crippen molar-refractivity contribution in [2.75, 3.05) is 18.4 Å². The van der Waals surface area contributed by atoms with Gasteiger partial charge in [-0.15, -0.1) is 11.3 Å². The minimum absolute atomic E-state index is 0.109. The first-order valence-corrected chi connectivity index (χ1v) is 11.3. The number of carbonyl (C=O) groups excluding carboxylic acids is 1. The van der Waals surface area contributed by atoms with E-state index in [1.54, 1.807) is 39.9 Å². The highest BCUT2D eigenvalue weighted by Gasteiger charge is 2.25. The van der Waals surface area contributed by atoms with E-state index in [1.807, 2.05) is 17.5 Å². The monoisotopic (exact) mass is 392 g/mol. The molecule has 0 unspecified atom stereocenters. The van der Waals surface area contributed by atoms with E-state index in [1.165, 1.54) is 0 Å². The van der Waals surface area contributed by atoms with E-state index >= 15 is 0 Å². The molecular weight excluding hydrogens is 368 g/mol. The zero-order chi connectivity index (χ0) is 18.4. The molecule has 1 aromatic carbocycles. The van der Waals surface area contributed by atoms with Crippen LogP contribution in [-0.4, -0.2) is 31.7 Å². The number of nitrogens with zero attached hydrogens (tertiary/aromatic N) is 1. The smallest absolute Gasteiger partial charge is 0.243 e. The van der Waals surface area contributed by atoms with Gasteiger partial charge in [0.15, 0.2) is 0 Å². The minimum Gasteiger partial charge on any atom is -0.326 e. The Morgan fingerprint density at radius 2 is 1.85 bits per heavy atom. The van der Waals surface area contributed by atoms with Gasteiger partial charge in [0.2, 0.25) is 15.9 Å². The van der Waals surface area contributed by atoms with Gasteiger partial charge in [-0.1, -0.05) is 25.0 Å². The van der Waals surface area contributed by atoms with Gasteiger partial charge in [-0.3, -0.25) is 4.79 Å². The van der Waals surface area contributed by atoms with Crippen LogP contribution < -0.4 is 5.32 Å². The normalized spacial score (nSPS) is 16.2. The zero-order valence-corrected chi connectivity index (χ0v) is 16.3. The molecule has 0 aliphatic carbocycles. The lowest BCUT2D eigenvalue weighted by Crippen LogP contribution is -2.32. The van der Waals surface area contributed by atoms with Crippen molar-refractivity contribution < 1.29 is 13.2 Å². The first kappa shape index (κ1) is 19.1. The summed E-state index contributed by atoms with van der Waals surface area (Å²) in [5.41, 5.74) is 0.525. The highest BCUT2D eigenvalue weighted by Crippen LogP contribution is 2.23. The van der Waals surface area contributed by atoms with Crippen LogP contribution in [0.5, 0.6) is 0 Å². The van der Waals surface area contributed by atoms with Crippen LogP contribution in [0.25, 0.3) is 0 Å². The standard InChI is InChI=1S/C19H24N2O3S2/c22-19(11-10-17-8-6-14-25-17)20-16-7-5-9-18(15-16)26(23,24)21-12-3-1-2-4-13-21/h5-9,14-15H,1-4,10-13H2,(H,20,22). The highest BCUT2D eigenvalue weighted by atomic mass is 32.2. The SMILES string of the molecule is O=C(CCc1cccs1)Nc1cccc(S(=O)(=O)N2CCCCCC2)c1. The topological polar surface area (TPSA) is 66.5 Å². The summed E-state index contributed by atoms with van der Waals surface area (Å²) in [5.74, 6) is -0.109. The Morgan fingerprint density at radius 3 is 2.54 bits per heavy atom. The second kappa shape index (κ2) is 8.79. The molecule has 0 radical (unpaired) electrons. The van der Waals surface area contributed by atoms with E-state index in [0.29, 0.717) is 31.6 Å². The van der Waals surface area contributed by atoms with Crippen molar-refractivity contribution in [3.63, 3.8) is 0 Å². The van der Waals surface area contributed by atoms with Gasteiger partial charge < -0.3 is 5.32 Å². The van der Waals surface area contributed by atoms with Crippen LogP contribution in [0.4, 0.5) is 5.69 Å². The molecule has 5 nitrogen and oxygen atoms in total. The fourth-order valence-electron chi connectivity index (χ4n) is 3.08. The van der Waals surface area contributed by atoms with Crippen molar-refractivity contribution in [2.24, 2.45) is 0 Å². The predicted octanol–water partition coefficient (Wildman–Crippen LogP) is 3.88. The maximum absolute atomic E-state index is 12.9. The molecule has 7 heteroatoms. The number of hydrogen-bond acceptors (Lipinski definition) is 4. The Balaban J connectivity index is 1.66. The van der Waals surface area contributed by atoms with Crippen LogP contribution in [0.15, 0.2) is 46.7 Å². The molecule has 1 aliphatic rings. The lowest BCUT2D eigenvalue weighted by atomic mass is 10.2. The highest BCUT2D eigenvalue weighted by molar-refractivity contribution is 7.89. The van der Waals surface area contributed by atoms with E-state index in [-0.39, 0.29) is 10.8 Å². The van der Waals surface area contributed by atoms with Gasteiger partial charge in [-0.2, -0.15) is 4.31 Å². The average molecular weight is 393 g/mol. The number of nitrogens with one attached hydrogen (secondary N) is 1.